The predicted molar refractivity (Wildman–Crippen MR) is 118 cm³/mol. The molecular weight excluding hydrogens is 378 g/mol. The predicted octanol–water partition coefficient (Wildman–Crippen LogP) is 3.46. The molecule has 30 heavy (non-hydrogen) atoms. The van der Waals surface area contributed by atoms with Crippen molar-refractivity contribution in [3.8, 4) is 11.5 Å². The van der Waals surface area contributed by atoms with E-state index in [1.165, 1.54) is 5.56 Å². The van der Waals surface area contributed by atoms with Gasteiger partial charge < -0.3 is 24.4 Å². The molecule has 1 unspecified atom stereocenters. The maximum Gasteiger partial charge on any atom is 0.193 e. The molecule has 2 aromatic carbocycles. The van der Waals surface area contributed by atoms with Crippen LogP contribution in [-0.4, -0.2) is 50.8 Å². The highest BCUT2D eigenvalue weighted by atomic mass is 16.5. The molecule has 2 aliphatic heterocycles. The molecule has 0 radical (unpaired) electrons. The number of rotatable bonds is 6. The molecule has 0 aliphatic carbocycles. The maximum absolute atomic E-state index is 5.94. The number of fused-ring (bicyclic) bond motifs is 1. The van der Waals surface area contributed by atoms with Gasteiger partial charge in [0.05, 0.1) is 26.4 Å². The molecule has 6 nitrogen and oxygen atoms in total. The second kappa shape index (κ2) is 10.3. The standard InChI is InChI=1S/C24H31N3O3/c1-25-24(26-15-20-8-9-22-23(14-20)30-13-5-12-29-22)27-11-10-21(16-27)18-28-17-19-6-3-2-4-7-19/h2-4,6-9,14,21H,5,10-13,15-18H2,1H3,(H,25,26). The minimum atomic E-state index is 0.533. The van der Waals surface area contributed by atoms with Gasteiger partial charge >= 0.3 is 0 Å². The molecule has 1 saturated heterocycles. The molecule has 0 aromatic heterocycles. The van der Waals surface area contributed by atoms with E-state index in [4.69, 9.17) is 14.2 Å². The summed E-state index contributed by atoms with van der Waals surface area (Å²) in [4.78, 5) is 6.80. The zero-order chi connectivity index (χ0) is 20.6. The van der Waals surface area contributed by atoms with Crippen molar-refractivity contribution in [2.45, 2.75) is 26.0 Å². The lowest BCUT2D eigenvalue weighted by molar-refractivity contribution is 0.0906. The highest BCUT2D eigenvalue weighted by Gasteiger charge is 2.25. The summed E-state index contributed by atoms with van der Waals surface area (Å²) in [5, 5.41) is 3.49. The lowest BCUT2D eigenvalue weighted by Crippen LogP contribution is -2.39. The van der Waals surface area contributed by atoms with E-state index >= 15 is 0 Å². The summed E-state index contributed by atoms with van der Waals surface area (Å²) in [5.74, 6) is 3.13. The van der Waals surface area contributed by atoms with Gasteiger partial charge in [-0.1, -0.05) is 36.4 Å². The molecule has 2 aliphatic rings. The number of benzene rings is 2. The highest BCUT2D eigenvalue weighted by Crippen LogP contribution is 2.30. The Kier molecular flexibility index (Phi) is 7.08. The fourth-order valence-electron chi connectivity index (χ4n) is 3.91. The van der Waals surface area contributed by atoms with Crippen LogP contribution in [0.5, 0.6) is 11.5 Å². The van der Waals surface area contributed by atoms with Crippen LogP contribution in [-0.2, 0) is 17.9 Å². The Bertz CT molecular complexity index is 841. The van der Waals surface area contributed by atoms with Gasteiger partial charge in [-0.15, -0.1) is 0 Å². The first kappa shape index (κ1) is 20.5. The Hall–Kier alpha value is -2.73. The van der Waals surface area contributed by atoms with Gasteiger partial charge in [-0.05, 0) is 29.7 Å². The van der Waals surface area contributed by atoms with Crippen LogP contribution in [0.25, 0.3) is 0 Å². The fourth-order valence-corrected chi connectivity index (χ4v) is 3.91. The fraction of sp³-hybridized carbons (Fsp3) is 0.458. The number of nitrogens with one attached hydrogen (secondary N) is 1. The normalized spacial score (nSPS) is 18.9. The molecule has 0 bridgehead atoms. The van der Waals surface area contributed by atoms with Crippen molar-refractivity contribution in [3.63, 3.8) is 0 Å². The summed E-state index contributed by atoms with van der Waals surface area (Å²) in [6, 6.07) is 16.5. The SMILES string of the molecule is CN=C(NCc1ccc2c(c1)OCCCO2)N1CCC(COCc2ccccc2)C1. The number of aliphatic imine (C=N–C) groups is 1. The molecule has 0 amide bonds. The molecule has 1 atom stereocenters. The second-order valence-corrected chi connectivity index (χ2v) is 7.83. The number of ether oxygens (including phenoxy) is 3. The summed E-state index contributed by atoms with van der Waals surface area (Å²) >= 11 is 0. The van der Waals surface area contributed by atoms with Crippen molar-refractivity contribution in [1.29, 1.82) is 0 Å². The Morgan fingerprint density at radius 3 is 2.77 bits per heavy atom. The van der Waals surface area contributed by atoms with E-state index in [0.717, 1.165) is 55.6 Å². The number of guanidine groups is 1. The third kappa shape index (κ3) is 5.45. The molecule has 0 spiro atoms. The molecule has 0 saturated carbocycles. The van der Waals surface area contributed by atoms with Gasteiger partial charge in [0.1, 0.15) is 0 Å². The monoisotopic (exact) mass is 409 g/mol. The third-order valence-corrected chi connectivity index (χ3v) is 5.52. The van der Waals surface area contributed by atoms with E-state index in [0.29, 0.717) is 32.3 Å². The minimum Gasteiger partial charge on any atom is -0.490 e. The average molecular weight is 410 g/mol. The third-order valence-electron chi connectivity index (χ3n) is 5.52. The van der Waals surface area contributed by atoms with Crippen LogP contribution < -0.4 is 14.8 Å². The van der Waals surface area contributed by atoms with Crippen LogP contribution in [0.3, 0.4) is 0 Å². The van der Waals surface area contributed by atoms with Gasteiger partial charge in [0.15, 0.2) is 17.5 Å². The van der Waals surface area contributed by atoms with Crippen molar-refractivity contribution in [2.75, 3.05) is 40.0 Å². The summed E-state index contributed by atoms with van der Waals surface area (Å²) in [6.45, 7) is 5.54. The molecular formula is C24H31N3O3. The minimum absolute atomic E-state index is 0.533. The topological polar surface area (TPSA) is 55.3 Å². The van der Waals surface area contributed by atoms with Gasteiger partial charge in [0.25, 0.3) is 0 Å². The zero-order valence-corrected chi connectivity index (χ0v) is 17.7. The molecule has 1 N–H and O–H groups in total. The molecule has 1 fully saturated rings. The Balaban J connectivity index is 1.24. The Labute approximate surface area is 178 Å². The number of hydrogen-bond acceptors (Lipinski definition) is 4. The second-order valence-electron chi connectivity index (χ2n) is 7.83. The van der Waals surface area contributed by atoms with E-state index in [-0.39, 0.29) is 0 Å². The van der Waals surface area contributed by atoms with E-state index in [9.17, 15) is 0 Å². The van der Waals surface area contributed by atoms with Gasteiger partial charge in [-0.3, -0.25) is 4.99 Å². The van der Waals surface area contributed by atoms with Crippen molar-refractivity contribution in [3.05, 3.63) is 59.7 Å². The van der Waals surface area contributed by atoms with Gasteiger partial charge in [-0.2, -0.15) is 0 Å². The first-order valence-electron chi connectivity index (χ1n) is 10.8. The van der Waals surface area contributed by atoms with E-state index in [1.807, 2.05) is 19.2 Å². The zero-order valence-electron chi connectivity index (χ0n) is 17.7. The molecule has 160 valence electrons. The number of nitrogens with zero attached hydrogens (tertiary/aromatic N) is 2. The van der Waals surface area contributed by atoms with Crippen molar-refractivity contribution < 1.29 is 14.2 Å². The van der Waals surface area contributed by atoms with Crippen molar-refractivity contribution in [1.82, 2.24) is 10.2 Å². The summed E-state index contributed by atoms with van der Waals surface area (Å²) in [7, 11) is 1.84. The molecule has 2 aromatic rings. The van der Waals surface area contributed by atoms with Crippen LogP contribution in [0.15, 0.2) is 53.5 Å². The van der Waals surface area contributed by atoms with Crippen molar-refractivity contribution in [2.24, 2.45) is 10.9 Å². The quantitative estimate of drug-likeness (QED) is 0.585. The highest BCUT2D eigenvalue weighted by molar-refractivity contribution is 5.80. The van der Waals surface area contributed by atoms with Crippen LogP contribution in [0, 0.1) is 5.92 Å². The Morgan fingerprint density at radius 2 is 1.93 bits per heavy atom. The summed E-state index contributed by atoms with van der Waals surface area (Å²) < 4.78 is 17.5. The lowest BCUT2D eigenvalue weighted by Gasteiger charge is -2.22. The van der Waals surface area contributed by atoms with Crippen LogP contribution in [0.2, 0.25) is 0 Å². The molecule has 4 rings (SSSR count). The maximum atomic E-state index is 5.94. The van der Waals surface area contributed by atoms with Gasteiger partial charge in [0.2, 0.25) is 0 Å². The summed E-state index contributed by atoms with van der Waals surface area (Å²) in [5.41, 5.74) is 2.38. The lowest BCUT2D eigenvalue weighted by atomic mass is 10.1. The average Bonchev–Trinajstić information content (AvgIpc) is 3.11. The largest absolute Gasteiger partial charge is 0.490 e. The summed E-state index contributed by atoms with van der Waals surface area (Å²) in [6.07, 6.45) is 2.04. The number of hydrogen-bond donors (Lipinski definition) is 1. The first-order chi connectivity index (χ1) is 14.8. The Morgan fingerprint density at radius 1 is 1.10 bits per heavy atom. The van der Waals surface area contributed by atoms with Crippen LogP contribution >= 0.6 is 0 Å². The van der Waals surface area contributed by atoms with Gasteiger partial charge in [-0.25, -0.2) is 0 Å². The first-order valence-corrected chi connectivity index (χ1v) is 10.8. The smallest absolute Gasteiger partial charge is 0.193 e. The molecule has 2 heterocycles. The van der Waals surface area contributed by atoms with E-state index in [2.05, 4.69) is 51.6 Å². The van der Waals surface area contributed by atoms with E-state index in [1.54, 1.807) is 0 Å². The molecule has 6 heteroatoms. The van der Waals surface area contributed by atoms with Crippen molar-refractivity contribution >= 4 is 5.96 Å². The van der Waals surface area contributed by atoms with Crippen LogP contribution in [0.1, 0.15) is 24.0 Å². The van der Waals surface area contributed by atoms with Crippen LogP contribution in [0.4, 0.5) is 0 Å². The van der Waals surface area contributed by atoms with E-state index < -0.39 is 0 Å². The van der Waals surface area contributed by atoms with Gasteiger partial charge in [0, 0.05) is 39.0 Å². The number of likely N-dealkylation sites (tertiary alicyclic amines) is 1.